The molecule has 0 amide bonds. The molecule has 0 aliphatic carbocycles. The van der Waals surface area contributed by atoms with Crippen LogP contribution in [0.5, 0.6) is 0 Å². The fourth-order valence-corrected chi connectivity index (χ4v) is 4.31. The molecule has 0 saturated heterocycles. The van der Waals surface area contributed by atoms with Gasteiger partial charge in [0.2, 0.25) is 10.0 Å². The molecule has 4 N–H and O–H groups in total. The number of nitrogens with two attached hydrogens (primary N) is 1. The number of aromatic nitrogens is 1. The smallest absolute Gasteiger partial charge is 0.240 e. The lowest BCUT2D eigenvalue weighted by Crippen LogP contribution is -2.26. The first kappa shape index (κ1) is 19.0. The van der Waals surface area contributed by atoms with Gasteiger partial charge in [-0.3, -0.25) is 0 Å². The summed E-state index contributed by atoms with van der Waals surface area (Å²) in [4.78, 5) is 4.60. The van der Waals surface area contributed by atoms with Crippen molar-refractivity contribution in [1.82, 2.24) is 9.71 Å². The Morgan fingerprint density at radius 3 is 2.70 bits per heavy atom. The molecule has 0 radical (unpaired) electrons. The summed E-state index contributed by atoms with van der Waals surface area (Å²) in [6.45, 7) is 0.220. The number of sulfonamides is 1. The highest BCUT2D eigenvalue weighted by Crippen LogP contribution is 2.21. The van der Waals surface area contributed by atoms with E-state index in [1.54, 1.807) is 6.07 Å². The van der Waals surface area contributed by atoms with Gasteiger partial charge in [0.1, 0.15) is 0 Å². The van der Waals surface area contributed by atoms with E-state index in [1.165, 1.54) is 29.5 Å². The summed E-state index contributed by atoms with van der Waals surface area (Å²) in [7, 11) is -3.71. The lowest BCUT2D eigenvalue weighted by atomic mass is 10.2. The van der Waals surface area contributed by atoms with Crippen LogP contribution in [0.3, 0.4) is 0 Å². The van der Waals surface area contributed by atoms with Crippen molar-refractivity contribution in [2.75, 3.05) is 6.54 Å². The summed E-state index contributed by atoms with van der Waals surface area (Å²) in [5.74, 6) is -0.150. The number of oxime groups is 1. The molecule has 0 aliphatic rings. The van der Waals surface area contributed by atoms with Crippen molar-refractivity contribution >= 4 is 27.2 Å². The van der Waals surface area contributed by atoms with E-state index < -0.39 is 10.0 Å². The maximum absolute atomic E-state index is 12.4. The van der Waals surface area contributed by atoms with E-state index in [2.05, 4.69) is 14.9 Å². The fourth-order valence-electron chi connectivity index (χ4n) is 2.42. The van der Waals surface area contributed by atoms with Gasteiger partial charge in [0.15, 0.2) is 5.84 Å². The molecule has 1 heterocycles. The summed E-state index contributed by atoms with van der Waals surface area (Å²) >= 11 is 1.49. The van der Waals surface area contributed by atoms with Crippen molar-refractivity contribution in [1.29, 1.82) is 0 Å². The molecule has 1 aromatic heterocycles. The Morgan fingerprint density at radius 2 is 1.96 bits per heavy atom. The molecule has 27 heavy (non-hydrogen) atoms. The first-order chi connectivity index (χ1) is 13.0. The molecule has 0 atom stereocenters. The maximum atomic E-state index is 12.4. The summed E-state index contributed by atoms with van der Waals surface area (Å²) in [5, 5.41) is 14.4. The molecular weight excluding hydrogens is 384 g/mol. The third-order valence-corrected chi connectivity index (χ3v) is 6.17. The molecule has 0 aliphatic heterocycles. The van der Waals surface area contributed by atoms with Crippen molar-refractivity contribution in [2.45, 2.75) is 11.3 Å². The van der Waals surface area contributed by atoms with Crippen molar-refractivity contribution in [2.24, 2.45) is 10.9 Å². The lowest BCUT2D eigenvalue weighted by molar-refractivity contribution is 0.318. The van der Waals surface area contributed by atoms with Crippen molar-refractivity contribution in [3.05, 3.63) is 70.5 Å². The zero-order valence-corrected chi connectivity index (χ0v) is 15.9. The minimum Gasteiger partial charge on any atom is -0.409 e. The lowest BCUT2D eigenvalue weighted by Gasteiger charge is -2.07. The standard InChI is InChI=1S/C18H18N4O3S2/c19-18(22-23)14-7-4-8-15(11-14)27(24,25)20-10-9-17-21-16(12-26-17)13-5-2-1-3-6-13/h1-8,11-12,20,23H,9-10H2,(H2,19,22). The van der Waals surface area contributed by atoms with Crippen LogP contribution in [0.4, 0.5) is 0 Å². The van der Waals surface area contributed by atoms with Crippen LogP contribution in [0, 0.1) is 0 Å². The topological polar surface area (TPSA) is 118 Å². The number of hydrogen-bond donors (Lipinski definition) is 3. The first-order valence-corrected chi connectivity index (χ1v) is 10.4. The number of rotatable bonds is 7. The largest absolute Gasteiger partial charge is 0.409 e. The average molecular weight is 403 g/mol. The molecule has 3 aromatic rings. The van der Waals surface area contributed by atoms with Crippen LogP contribution < -0.4 is 10.5 Å². The molecule has 140 valence electrons. The molecular formula is C18H18N4O3S2. The van der Waals surface area contributed by atoms with Crippen molar-refractivity contribution in [3.63, 3.8) is 0 Å². The Kier molecular flexibility index (Phi) is 5.84. The summed E-state index contributed by atoms with van der Waals surface area (Å²) < 4.78 is 27.4. The van der Waals surface area contributed by atoms with Crippen LogP contribution in [0.15, 0.2) is 70.0 Å². The van der Waals surface area contributed by atoms with Gasteiger partial charge in [-0.1, -0.05) is 47.6 Å². The first-order valence-electron chi connectivity index (χ1n) is 8.07. The Balaban J connectivity index is 1.64. The van der Waals surface area contributed by atoms with Crippen LogP contribution in [0.1, 0.15) is 10.6 Å². The number of hydrogen-bond acceptors (Lipinski definition) is 6. The third-order valence-electron chi connectivity index (χ3n) is 3.80. The third kappa shape index (κ3) is 4.70. The van der Waals surface area contributed by atoms with E-state index in [0.29, 0.717) is 12.0 Å². The van der Waals surface area contributed by atoms with E-state index >= 15 is 0 Å². The Bertz CT molecular complexity index is 1050. The van der Waals surface area contributed by atoms with Crippen molar-refractivity contribution in [3.8, 4) is 11.3 Å². The van der Waals surface area contributed by atoms with E-state index in [9.17, 15) is 8.42 Å². The Morgan fingerprint density at radius 1 is 1.19 bits per heavy atom. The average Bonchev–Trinajstić information content (AvgIpc) is 3.17. The van der Waals surface area contributed by atoms with Crippen molar-refractivity contribution < 1.29 is 13.6 Å². The quantitative estimate of drug-likeness (QED) is 0.243. The maximum Gasteiger partial charge on any atom is 0.240 e. The van der Waals surface area contributed by atoms with E-state index in [1.807, 2.05) is 35.7 Å². The highest BCUT2D eigenvalue weighted by Gasteiger charge is 2.15. The van der Waals surface area contributed by atoms with Gasteiger partial charge in [0.25, 0.3) is 0 Å². The second kappa shape index (κ2) is 8.30. The molecule has 0 spiro atoms. The normalized spacial score (nSPS) is 12.2. The molecule has 0 saturated carbocycles. The number of nitrogens with one attached hydrogen (secondary N) is 1. The van der Waals surface area contributed by atoms with Crippen LogP contribution >= 0.6 is 11.3 Å². The van der Waals surface area contributed by atoms with Gasteiger partial charge in [-0.2, -0.15) is 0 Å². The molecule has 3 rings (SSSR count). The zero-order valence-electron chi connectivity index (χ0n) is 14.2. The van der Waals surface area contributed by atoms with E-state index in [4.69, 9.17) is 10.9 Å². The molecule has 0 fully saturated rings. The van der Waals surface area contributed by atoms with Gasteiger partial charge < -0.3 is 10.9 Å². The van der Waals surface area contributed by atoms with Gasteiger partial charge in [-0.25, -0.2) is 18.1 Å². The zero-order chi connectivity index (χ0) is 19.3. The SMILES string of the molecule is N/C(=N\O)c1cccc(S(=O)(=O)NCCc2nc(-c3ccccc3)cs2)c1. The van der Waals surface area contributed by atoms with E-state index in [-0.39, 0.29) is 17.3 Å². The Hall–Kier alpha value is -2.75. The molecule has 0 bridgehead atoms. The van der Waals surface area contributed by atoms with E-state index in [0.717, 1.165) is 16.3 Å². The number of benzene rings is 2. The van der Waals surface area contributed by atoms with Gasteiger partial charge in [0, 0.05) is 29.5 Å². The predicted molar refractivity (Wildman–Crippen MR) is 105 cm³/mol. The molecule has 9 heteroatoms. The highest BCUT2D eigenvalue weighted by atomic mass is 32.2. The van der Waals surface area contributed by atoms with Crippen LogP contribution in [0.25, 0.3) is 11.3 Å². The fraction of sp³-hybridized carbons (Fsp3) is 0.111. The number of thiazole rings is 1. The minimum atomic E-state index is -3.71. The Labute approximate surface area is 161 Å². The summed E-state index contributed by atoms with van der Waals surface area (Å²) in [6, 6.07) is 15.7. The van der Waals surface area contributed by atoms with Gasteiger partial charge in [0.05, 0.1) is 15.6 Å². The predicted octanol–water partition coefficient (Wildman–Crippen LogP) is 2.43. The molecule has 7 nitrogen and oxygen atoms in total. The molecule has 2 aromatic carbocycles. The van der Waals surface area contributed by atoms with Gasteiger partial charge >= 0.3 is 0 Å². The van der Waals surface area contributed by atoms with Crippen LogP contribution in [-0.2, 0) is 16.4 Å². The van der Waals surface area contributed by atoms with Gasteiger partial charge in [-0.05, 0) is 12.1 Å². The highest BCUT2D eigenvalue weighted by molar-refractivity contribution is 7.89. The number of nitrogens with zero attached hydrogens (tertiary/aromatic N) is 2. The summed E-state index contributed by atoms with van der Waals surface area (Å²) in [6.07, 6.45) is 0.483. The summed E-state index contributed by atoms with van der Waals surface area (Å²) in [5.41, 5.74) is 7.75. The second-order valence-corrected chi connectivity index (χ2v) is 8.36. The monoisotopic (exact) mass is 402 g/mol. The van der Waals surface area contributed by atoms with Gasteiger partial charge in [-0.15, -0.1) is 11.3 Å². The molecule has 0 unspecified atom stereocenters. The van der Waals surface area contributed by atoms with Crippen LogP contribution in [-0.4, -0.2) is 31.0 Å². The minimum absolute atomic E-state index is 0.0516. The second-order valence-electron chi connectivity index (χ2n) is 5.65. The van der Waals surface area contributed by atoms with Crippen LogP contribution in [0.2, 0.25) is 0 Å². The number of amidine groups is 1.